The maximum atomic E-state index is 10.7. The van der Waals surface area contributed by atoms with E-state index >= 15 is 0 Å². The molecule has 1 aromatic carbocycles. The van der Waals surface area contributed by atoms with Crippen molar-refractivity contribution in [1.82, 2.24) is 5.32 Å². The molecule has 0 saturated carbocycles. The minimum Gasteiger partial charge on any atom is -0.316 e. The van der Waals surface area contributed by atoms with Crippen LogP contribution in [0.5, 0.6) is 0 Å². The Balaban J connectivity index is 2.74. The zero-order valence-electron chi connectivity index (χ0n) is 7.82. The van der Waals surface area contributed by atoms with E-state index in [0.29, 0.717) is 5.69 Å². The first-order chi connectivity index (χ1) is 6.51. The van der Waals surface area contributed by atoms with E-state index in [-0.39, 0.29) is 0 Å². The largest absolute Gasteiger partial charge is 0.316 e. The van der Waals surface area contributed by atoms with Gasteiger partial charge in [-0.05, 0) is 24.7 Å². The molecule has 0 unspecified atom stereocenters. The Bertz CT molecular complexity index is 386. The van der Waals surface area contributed by atoms with Gasteiger partial charge in [0, 0.05) is 12.2 Å². The van der Waals surface area contributed by atoms with Crippen LogP contribution in [0, 0.1) is 0 Å². The zero-order valence-corrected chi connectivity index (χ0v) is 8.64. The van der Waals surface area contributed by atoms with Crippen molar-refractivity contribution in [3.63, 3.8) is 0 Å². The molecule has 4 N–H and O–H groups in total. The van der Waals surface area contributed by atoms with Gasteiger partial charge in [0.05, 0.1) is 0 Å². The van der Waals surface area contributed by atoms with Gasteiger partial charge in [-0.1, -0.05) is 12.1 Å². The third-order valence-electron chi connectivity index (χ3n) is 1.59. The van der Waals surface area contributed by atoms with Crippen molar-refractivity contribution < 1.29 is 8.42 Å². The zero-order chi connectivity index (χ0) is 10.6. The summed E-state index contributed by atoms with van der Waals surface area (Å²) in [5, 5.41) is 7.80. The van der Waals surface area contributed by atoms with E-state index in [4.69, 9.17) is 5.14 Å². The lowest BCUT2D eigenvalue weighted by molar-refractivity contribution is 0.603. The van der Waals surface area contributed by atoms with Crippen LogP contribution in [0.1, 0.15) is 5.56 Å². The second kappa shape index (κ2) is 4.41. The normalized spacial score (nSPS) is 11.3. The lowest BCUT2D eigenvalue weighted by Crippen LogP contribution is -2.21. The summed E-state index contributed by atoms with van der Waals surface area (Å²) < 4.78 is 23.5. The van der Waals surface area contributed by atoms with E-state index in [1.807, 2.05) is 19.2 Å². The van der Waals surface area contributed by atoms with Crippen molar-refractivity contribution in [2.24, 2.45) is 5.14 Å². The molecule has 0 aliphatic carbocycles. The maximum Gasteiger partial charge on any atom is 0.296 e. The second-order valence-electron chi connectivity index (χ2n) is 2.87. The van der Waals surface area contributed by atoms with Crippen molar-refractivity contribution in [3.8, 4) is 0 Å². The number of hydrogen-bond acceptors (Lipinski definition) is 3. The van der Waals surface area contributed by atoms with E-state index < -0.39 is 10.2 Å². The molecule has 6 heteroatoms. The third-order valence-corrected chi connectivity index (χ3v) is 2.12. The Morgan fingerprint density at radius 1 is 1.29 bits per heavy atom. The topological polar surface area (TPSA) is 84.2 Å². The van der Waals surface area contributed by atoms with Crippen molar-refractivity contribution in [2.75, 3.05) is 11.8 Å². The Labute approximate surface area is 83.5 Å². The highest BCUT2D eigenvalue weighted by Crippen LogP contribution is 2.09. The highest BCUT2D eigenvalue weighted by Gasteiger charge is 2.01. The SMILES string of the molecule is CNCc1ccc(NS(N)(=O)=O)cc1. The first-order valence-electron chi connectivity index (χ1n) is 4.05. The smallest absolute Gasteiger partial charge is 0.296 e. The Morgan fingerprint density at radius 2 is 1.86 bits per heavy atom. The fourth-order valence-electron chi connectivity index (χ4n) is 1.06. The molecule has 0 aliphatic heterocycles. The average Bonchev–Trinajstić information content (AvgIpc) is 2.06. The number of rotatable bonds is 4. The molecule has 1 rings (SSSR count). The summed E-state index contributed by atoms with van der Waals surface area (Å²) in [6.45, 7) is 0.746. The molecule has 78 valence electrons. The molecule has 0 bridgehead atoms. The molecule has 1 aromatic rings. The molecule has 5 nitrogen and oxygen atoms in total. The van der Waals surface area contributed by atoms with Crippen molar-refractivity contribution in [1.29, 1.82) is 0 Å². The van der Waals surface area contributed by atoms with E-state index in [9.17, 15) is 8.42 Å². The van der Waals surface area contributed by atoms with Crippen molar-refractivity contribution >= 4 is 15.9 Å². The van der Waals surface area contributed by atoms with Crippen molar-refractivity contribution in [3.05, 3.63) is 29.8 Å². The third kappa shape index (κ3) is 3.73. The minimum absolute atomic E-state index is 0.465. The molecule has 0 atom stereocenters. The minimum atomic E-state index is -3.67. The van der Waals surface area contributed by atoms with Gasteiger partial charge < -0.3 is 5.32 Å². The molecule has 0 saturated heterocycles. The Kier molecular flexibility index (Phi) is 3.45. The number of nitrogens with one attached hydrogen (secondary N) is 2. The fourth-order valence-corrected chi connectivity index (χ4v) is 1.52. The van der Waals surface area contributed by atoms with Gasteiger partial charge in [0.2, 0.25) is 0 Å². The quantitative estimate of drug-likeness (QED) is 0.662. The molecule has 0 heterocycles. The van der Waals surface area contributed by atoms with Crippen LogP contribution in [0.25, 0.3) is 0 Å². The lowest BCUT2D eigenvalue weighted by Gasteiger charge is -2.04. The molecule has 0 aliphatic rings. The predicted octanol–water partition coefficient (Wildman–Crippen LogP) is 0.0214. The molecule has 0 spiro atoms. The molecular weight excluding hydrogens is 202 g/mol. The van der Waals surface area contributed by atoms with E-state index in [0.717, 1.165) is 12.1 Å². The van der Waals surface area contributed by atoms with Crippen molar-refractivity contribution in [2.45, 2.75) is 6.54 Å². The fraction of sp³-hybridized carbons (Fsp3) is 0.250. The standard InChI is InChI=1S/C8H13N3O2S/c1-10-6-7-2-4-8(5-3-7)11-14(9,12)13/h2-5,10-11H,6H2,1H3,(H2,9,12,13). The molecule has 0 aromatic heterocycles. The number of anilines is 1. The van der Waals surface area contributed by atoms with E-state index in [1.165, 1.54) is 0 Å². The van der Waals surface area contributed by atoms with Gasteiger partial charge in [0.1, 0.15) is 0 Å². The average molecular weight is 215 g/mol. The first kappa shape index (κ1) is 11.0. The Morgan fingerprint density at radius 3 is 2.29 bits per heavy atom. The van der Waals surface area contributed by atoms with Crippen LogP contribution in [0.2, 0.25) is 0 Å². The molecular formula is C8H13N3O2S. The van der Waals surface area contributed by atoms with E-state index in [2.05, 4.69) is 10.0 Å². The summed E-state index contributed by atoms with van der Waals surface area (Å²) in [5.74, 6) is 0. The van der Waals surface area contributed by atoms with Crippen LogP contribution in [0.4, 0.5) is 5.69 Å². The van der Waals surface area contributed by atoms with Gasteiger partial charge in [0.15, 0.2) is 0 Å². The summed E-state index contributed by atoms with van der Waals surface area (Å²) in [6, 6.07) is 6.97. The van der Waals surface area contributed by atoms with Crippen LogP contribution in [0.3, 0.4) is 0 Å². The van der Waals surface area contributed by atoms with Crippen LogP contribution < -0.4 is 15.2 Å². The van der Waals surface area contributed by atoms with Gasteiger partial charge in [-0.2, -0.15) is 8.42 Å². The number of nitrogens with two attached hydrogens (primary N) is 1. The predicted molar refractivity (Wildman–Crippen MR) is 55.9 cm³/mol. The van der Waals surface area contributed by atoms with Crippen LogP contribution in [-0.2, 0) is 16.8 Å². The van der Waals surface area contributed by atoms with Gasteiger partial charge in [0.25, 0.3) is 10.2 Å². The molecule has 0 radical (unpaired) electrons. The van der Waals surface area contributed by atoms with Gasteiger partial charge >= 0.3 is 0 Å². The van der Waals surface area contributed by atoms with E-state index in [1.54, 1.807) is 12.1 Å². The van der Waals surface area contributed by atoms with Gasteiger partial charge in [-0.25, -0.2) is 5.14 Å². The monoisotopic (exact) mass is 215 g/mol. The molecule has 14 heavy (non-hydrogen) atoms. The maximum absolute atomic E-state index is 10.7. The summed E-state index contributed by atoms with van der Waals surface area (Å²) in [5.41, 5.74) is 1.54. The van der Waals surface area contributed by atoms with Gasteiger partial charge in [-0.3, -0.25) is 4.72 Å². The summed E-state index contributed by atoms with van der Waals surface area (Å²) in [4.78, 5) is 0. The van der Waals surface area contributed by atoms with Crippen LogP contribution >= 0.6 is 0 Å². The highest BCUT2D eigenvalue weighted by molar-refractivity contribution is 7.90. The highest BCUT2D eigenvalue weighted by atomic mass is 32.2. The first-order valence-corrected chi connectivity index (χ1v) is 5.60. The summed E-state index contributed by atoms with van der Waals surface area (Å²) in [7, 11) is -1.82. The van der Waals surface area contributed by atoms with Crippen LogP contribution in [0.15, 0.2) is 24.3 Å². The molecule has 0 fully saturated rings. The van der Waals surface area contributed by atoms with Crippen LogP contribution in [-0.4, -0.2) is 15.5 Å². The second-order valence-corrected chi connectivity index (χ2v) is 4.17. The lowest BCUT2D eigenvalue weighted by atomic mass is 10.2. The number of hydrogen-bond donors (Lipinski definition) is 3. The van der Waals surface area contributed by atoms with Gasteiger partial charge in [-0.15, -0.1) is 0 Å². The molecule has 0 amide bonds. The summed E-state index contributed by atoms with van der Waals surface area (Å²) in [6.07, 6.45) is 0. The Hall–Kier alpha value is -1.11. The summed E-state index contributed by atoms with van der Waals surface area (Å²) >= 11 is 0. The number of benzene rings is 1.